The van der Waals surface area contributed by atoms with Crippen LogP contribution in [0.2, 0.25) is 0 Å². The van der Waals surface area contributed by atoms with Gasteiger partial charge >= 0.3 is 0 Å². The van der Waals surface area contributed by atoms with E-state index in [1.807, 2.05) is 6.92 Å². The van der Waals surface area contributed by atoms with Gasteiger partial charge in [0, 0.05) is 11.5 Å². The van der Waals surface area contributed by atoms with Crippen molar-refractivity contribution in [1.29, 1.82) is 0 Å². The maximum Gasteiger partial charge on any atom is 0.271 e. The lowest BCUT2D eigenvalue weighted by Crippen LogP contribution is -2.32. The normalized spacial score (nSPS) is 25.6. The van der Waals surface area contributed by atoms with E-state index in [2.05, 4.69) is 0 Å². The molecule has 1 aromatic carbocycles. The predicted molar refractivity (Wildman–Crippen MR) is 56.0 cm³/mol. The first-order valence-electron chi connectivity index (χ1n) is 5.34. The van der Waals surface area contributed by atoms with Crippen LogP contribution in [0.5, 0.6) is 0 Å². The summed E-state index contributed by atoms with van der Waals surface area (Å²) in [6, 6.07) is 6.50. The molecule has 1 aliphatic heterocycles. The highest BCUT2D eigenvalue weighted by Gasteiger charge is 2.19. The second-order valence-corrected chi connectivity index (χ2v) is 3.96. The highest BCUT2D eigenvalue weighted by molar-refractivity contribution is 5.16. The summed E-state index contributed by atoms with van der Waals surface area (Å²) in [6.45, 7) is 2.75. The number of benzene rings is 1. The van der Waals surface area contributed by atoms with Crippen molar-refractivity contribution in [2.75, 3.05) is 13.2 Å². The lowest BCUT2D eigenvalue weighted by atomic mass is 10.2. The molecule has 0 aromatic heterocycles. The second-order valence-electron chi connectivity index (χ2n) is 3.96. The Morgan fingerprint density at radius 3 is 2.69 bits per heavy atom. The first kappa shape index (κ1) is 11.5. The molecule has 0 radical (unpaired) electrons. The van der Waals surface area contributed by atoms with E-state index >= 15 is 0 Å². The average Bonchev–Trinajstić information content (AvgIpc) is 2.30. The summed E-state index contributed by atoms with van der Waals surface area (Å²) < 4.78 is 29.1. The van der Waals surface area contributed by atoms with Gasteiger partial charge in [0.15, 0.2) is 0 Å². The third-order valence-electron chi connectivity index (χ3n) is 2.37. The standard InChI is InChI=1S/C12H15FO3/c1-9-6-14-12(15-7-9)16-8-10-4-2-3-5-11(10)13/h2-5,9,12H,6-8H2,1H3. The fourth-order valence-electron chi connectivity index (χ4n) is 1.45. The van der Waals surface area contributed by atoms with Crippen LogP contribution in [0, 0.1) is 11.7 Å². The Labute approximate surface area is 94.1 Å². The Kier molecular flexibility index (Phi) is 3.88. The highest BCUT2D eigenvalue weighted by Crippen LogP contribution is 2.14. The molecule has 1 fully saturated rings. The molecule has 0 amide bonds. The van der Waals surface area contributed by atoms with Crippen LogP contribution in [-0.2, 0) is 20.8 Å². The van der Waals surface area contributed by atoms with E-state index < -0.39 is 6.48 Å². The Balaban J connectivity index is 1.81. The molecule has 1 aromatic rings. The number of rotatable bonds is 3. The first-order chi connectivity index (χ1) is 7.75. The molecule has 88 valence electrons. The van der Waals surface area contributed by atoms with Crippen molar-refractivity contribution in [2.45, 2.75) is 20.0 Å². The Morgan fingerprint density at radius 2 is 2.00 bits per heavy atom. The van der Waals surface area contributed by atoms with E-state index in [1.54, 1.807) is 18.2 Å². The van der Waals surface area contributed by atoms with E-state index in [0.717, 1.165) is 0 Å². The molecule has 0 saturated carbocycles. The quantitative estimate of drug-likeness (QED) is 0.791. The summed E-state index contributed by atoms with van der Waals surface area (Å²) in [5.74, 6) is 0.111. The first-order valence-corrected chi connectivity index (χ1v) is 5.34. The lowest BCUT2D eigenvalue weighted by Gasteiger charge is -2.26. The van der Waals surface area contributed by atoms with E-state index in [9.17, 15) is 4.39 Å². The molecule has 4 heteroatoms. The van der Waals surface area contributed by atoms with Gasteiger partial charge in [0.05, 0.1) is 19.8 Å². The summed E-state index contributed by atoms with van der Waals surface area (Å²) in [6.07, 6.45) is 0. The summed E-state index contributed by atoms with van der Waals surface area (Å²) in [5, 5.41) is 0. The molecular weight excluding hydrogens is 211 g/mol. The summed E-state index contributed by atoms with van der Waals surface area (Å²) in [7, 11) is 0. The van der Waals surface area contributed by atoms with Gasteiger partial charge in [-0.05, 0) is 6.07 Å². The molecule has 2 rings (SSSR count). The van der Waals surface area contributed by atoms with Gasteiger partial charge in [0.1, 0.15) is 5.82 Å². The molecule has 1 heterocycles. The van der Waals surface area contributed by atoms with Crippen molar-refractivity contribution in [3.8, 4) is 0 Å². The van der Waals surface area contributed by atoms with Crippen LogP contribution in [0.3, 0.4) is 0 Å². The van der Waals surface area contributed by atoms with E-state index in [0.29, 0.717) is 24.7 Å². The van der Waals surface area contributed by atoms with Gasteiger partial charge in [-0.25, -0.2) is 4.39 Å². The predicted octanol–water partition coefficient (Wildman–Crippen LogP) is 2.31. The summed E-state index contributed by atoms with van der Waals surface area (Å²) >= 11 is 0. The second kappa shape index (κ2) is 5.39. The van der Waals surface area contributed by atoms with Crippen molar-refractivity contribution in [3.63, 3.8) is 0 Å². The average molecular weight is 226 g/mol. The van der Waals surface area contributed by atoms with Gasteiger partial charge in [-0.15, -0.1) is 0 Å². The van der Waals surface area contributed by atoms with Crippen LogP contribution in [0.4, 0.5) is 4.39 Å². The van der Waals surface area contributed by atoms with Gasteiger partial charge < -0.3 is 14.2 Å². The molecule has 16 heavy (non-hydrogen) atoms. The molecule has 3 nitrogen and oxygen atoms in total. The van der Waals surface area contributed by atoms with E-state index in [1.165, 1.54) is 6.07 Å². The highest BCUT2D eigenvalue weighted by atomic mass is 19.1. The molecular formula is C12H15FO3. The zero-order valence-corrected chi connectivity index (χ0v) is 9.19. The minimum atomic E-state index is -0.671. The Hall–Kier alpha value is -0.970. The van der Waals surface area contributed by atoms with Crippen molar-refractivity contribution >= 4 is 0 Å². The molecule has 0 bridgehead atoms. The molecule has 1 saturated heterocycles. The van der Waals surface area contributed by atoms with E-state index in [4.69, 9.17) is 14.2 Å². The minimum absolute atomic E-state index is 0.158. The fraction of sp³-hybridized carbons (Fsp3) is 0.500. The third kappa shape index (κ3) is 3.01. The van der Waals surface area contributed by atoms with Gasteiger partial charge in [0.25, 0.3) is 6.48 Å². The Bertz CT molecular complexity index is 335. The van der Waals surface area contributed by atoms with E-state index in [-0.39, 0.29) is 12.4 Å². The largest absolute Gasteiger partial charge is 0.330 e. The maximum absolute atomic E-state index is 13.2. The van der Waals surface area contributed by atoms with Gasteiger partial charge in [-0.2, -0.15) is 0 Å². The van der Waals surface area contributed by atoms with Crippen molar-refractivity contribution in [2.24, 2.45) is 5.92 Å². The van der Waals surface area contributed by atoms with Crippen LogP contribution in [0.1, 0.15) is 12.5 Å². The monoisotopic (exact) mass is 226 g/mol. The molecule has 0 aliphatic carbocycles. The van der Waals surface area contributed by atoms with Crippen LogP contribution < -0.4 is 0 Å². The Morgan fingerprint density at radius 1 is 1.31 bits per heavy atom. The van der Waals surface area contributed by atoms with Crippen LogP contribution in [0.15, 0.2) is 24.3 Å². The van der Waals surface area contributed by atoms with Crippen molar-refractivity contribution in [3.05, 3.63) is 35.6 Å². The molecule has 0 atom stereocenters. The number of hydrogen-bond donors (Lipinski definition) is 0. The van der Waals surface area contributed by atoms with Crippen LogP contribution in [0.25, 0.3) is 0 Å². The third-order valence-corrected chi connectivity index (χ3v) is 2.37. The summed E-state index contributed by atoms with van der Waals surface area (Å²) in [4.78, 5) is 0. The zero-order valence-electron chi connectivity index (χ0n) is 9.19. The number of halogens is 1. The molecule has 1 aliphatic rings. The maximum atomic E-state index is 13.2. The summed E-state index contributed by atoms with van der Waals surface area (Å²) in [5.41, 5.74) is 0.508. The molecule has 0 N–H and O–H groups in total. The van der Waals surface area contributed by atoms with Crippen molar-refractivity contribution < 1.29 is 18.6 Å². The van der Waals surface area contributed by atoms with Crippen molar-refractivity contribution in [1.82, 2.24) is 0 Å². The van der Waals surface area contributed by atoms with Gasteiger partial charge in [-0.1, -0.05) is 25.1 Å². The van der Waals surface area contributed by atoms with Gasteiger partial charge in [-0.3, -0.25) is 0 Å². The fourth-order valence-corrected chi connectivity index (χ4v) is 1.45. The zero-order chi connectivity index (χ0) is 11.4. The van der Waals surface area contributed by atoms with Gasteiger partial charge in [0.2, 0.25) is 0 Å². The lowest BCUT2D eigenvalue weighted by molar-refractivity contribution is -0.325. The minimum Gasteiger partial charge on any atom is -0.330 e. The topological polar surface area (TPSA) is 27.7 Å². The SMILES string of the molecule is CC1COC(OCc2ccccc2F)OC1. The number of hydrogen-bond acceptors (Lipinski definition) is 3. The number of ether oxygens (including phenoxy) is 3. The van der Waals surface area contributed by atoms with Crippen LogP contribution >= 0.6 is 0 Å². The van der Waals surface area contributed by atoms with Crippen LogP contribution in [-0.4, -0.2) is 19.7 Å². The molecule has 0 unspecified atom stereocenters. The smallest absolute Gasteiger partial charge is 0.271 e. The molecule has 0 spiro atoms.